The Morgan fingerprint density at radius 1 is 1.08 bits per heavy atom. The van der Waals surface area contributed by atoms with E-state index < -0.39 is 23.5 Å². The predicted octanol–water partition coefficient (Wildman–Crippen LogP) is 0.862. The average Bonchev–Trinajstić information content (AvgIpc) is 2.56. The van der Waals surface area contributed by atoms with Crippen molar-refractivity contribution in [3.8, 4) is 0 Å². The number of nitrogens with zero attached hydrogens (tertiary/aromatic N) is 2. The zero-order valence-electron chi connectivity index (χ0n) is 13.7. The lowest BCUT2D eigenvalue weighted by molar-refractivity contribution is -0.202. The molecule has 142 valence electrons. The first kappa shape index (κ1) is 18.7. The van der Waals surface area contributed by atoms with Gasteiger partial charge in [0, 0.05) is 31.7 Å². The lowest BCUT2D eigenvalue weighted by Gasteiger charge is -2.46. The molecular weight excluding hydrogens is 361 g/mol. The summed E-state index contributed by atoms with van der Waals surface area (Å²) >= 11 is 6.11. The Hall–Kier alpha value is -1.06. The topological polar surface area (TPSA) is 64.7 Å². The minimum Gasteiger partial charge on any atom is -0.337 e. The number of piperazine rings is 1. The fourth-order valence-corrected chi connectivity index (χ4v) is 4.41. The molecule has 6 nitrogen and oxygen atoms in total. The van der Waals surface area contributed by atoms with Crippen LogP contribution in [0.3, 0.4) is 0 Å². The quantitative estimate of drug-likeness (QED) is 0.695. The molecule has 0 radical (unpaired) electrons. The van der Waals surface area contributed by atoms with Crippen molar-refractivity contribution < 1.29 is 22.8 Å². The van der Waals surface area contributed by atoms with Gasteiger partial charge >= 0.3 is 6.18 Å². The van der Waals surface area contributed by atoms with Gasteiger partial charge in [0.25, 0.3) is 5.91 Å². The number of halogens is 4. The number of amides is 2. The molecule has 1 aliphatic carbocycles. The molecule has 2 amide bonds. The summed E-state index contributed by atoms with van der Waals surface area (Å²) in [5.74, 6) is -2.13. The van der Waals surface area contributed by atoms with Crippen LogP contribution in [0.4, 0.5) is 13.2 Å². The largest absolute Gasteiger partial charge is 0.393 e. The Morgan fingerprint density at radius 2 is 1.80 bits per heavy atom. The molecule has 0 bridgehead atoms. The van der Waals surface area contributed by atoms with Gasteiger partial charge in [0.15, 0.2) is 0 Å². The normalized spacial score (nSPS) is 35.6. The van der Waals surface area contributed by atoms with Crippen molar-refractivity contribution in [3.63, 3.8) is 0 Å². The van der Waals surface area contributed by atoms with Gasteiger partial charge in [-0.2, -0.15) is 13.2 Å². The average molecular weight is 383 g/mol. The molecule has 2 heterocycles. The maximum Gasteiger partial charge on any atom is 0.393 e. The van der Waals surface area contributed by atoms with Crippen LogP contribution < -0.4 is 10.9 Å². The molecule has 3 rings (SSSR count). The third-order valence-corrected chi connectivity index (χ3v) is 5.91. The lowest BCUT2D eigenvalue weighted by Crippen LogP contribution is -2.66. The smallest absolute Gasteiger partial charge is 0.337 e. The van der Waals surface area contributed by atoms with Gasteiger partial charge in [-0.15, -0.1) is 11.6 Å². The molecule has 10 heteroatoms. The second-order valence-corrected chi connectivity index (χ2v) is 7.37. The Labute approximate surface area is 149 Å². The van der Waals surface area contributed by atoms with Crippen LogP contribution in [-0.4, -0.2) is 71.4 Å². The van der Waals surface area contributed by atoms with Gasteiger partial charge in [-0.1, -0.05) is 12.8 Å². The van der Waals surface area contributed by atoms with Gasteiger partial charge in [-0.25, -0.2) is 5.43 Å². The van der Waals surface area contributed by atoms with E-state index in [2.05, 4.69) is 10.9 Å². The van der Waals surface area contributed by atoms with E-state index in [1.807, 2.05) is 0 Å². The number of hydrazine groups is 1. The first-order valence-corrected chi connectivity index (χ1v) is 8.99. The van der Waals surface area contributed by atoms with Crippen LogP contribution in [0, 0.1) is 5.92 Å². The lowest BCUT2D eigenvalue weighted by atomic mass is 9.82. The van der Waals surface area contributed by atoms with Crippen LogP contribution in [0.15, 0.2) is 0 Å². The first-order chi connectivity index (χ1) is 11.8. The molecule has 4 unspecified atom stereocenters. The van der Waals surface area contributed by atoms with Crippen molar-refractivity contribution in [2.75, 3.05) is 26.2 Å². The minimum absolute atomic E-state index is 0.01000. The van der Waals surface area contributed by atoms with Crippen molar-refractivity contribution in [2.45, 2.75) is 49.3 Å². The highest BCUT2D eigenvalue weighted by atomic mass is 35.5. The number of carbonyl (C=O) groups is 2. The van der Waals surface area contributed by atoms with E-state index in [-0.39, 0.29) is 37.4 Å². The summed E-state index contributed by atoms with van der Waals surface area (Å²) in [4.78, 5) is 27.4. The summed E-state index contributed by atoms with van der Waals surface area (Å²) in [7, 11) is 0. The van der Waals surface area contributed by atoms with Crippen molar-refractivity contribution in [1.29, 1.82) is 0 Å². The second-order valence-electron chi connectivity index (χ2n) is 6.90. The van der Waals surface area contributed by atoms with Gasteiger partial charge in [0.05, 0.1) is 12.5 Å². The van der Waals surface area contributed by atoms with Gasteiger partial charge in [0.1, 0.15) is 5.38 Å². The van der Waals surface area contributed by atoms with E-state index in [9.17, 15) is 22.8 Å². The van der Waals surface area contributed by atoms with Crippen LogP contribution in [0.1, 0.15) is 25.7 Å². The highest BCUT2D eigenvalue weighted by Gasteiger charge is 2.49. The molecule has 25 heavy (non-hydrogen) atoms. The second kappa shape index (κ2) is 7.28. The molecule has 1 saturated carbocycles. The number of hydrogen-bond acceptors (Lipinski definition) is 4. The monoisotopic (exact) mass is 382 g/mol. The molecule has 4 atom stereocenters. The molecule has 2 saturated heterocycles. The van der Waals surface area contributed by atoms with Crippen LogP contribution >= 0.6 is 11.6 Å². The summed E-state index contributed by atoms with van der Waals surface area (Å²) in [6.45, 7) is 1.03. The molecular formula is C15H22ClF3N4O2. The maximum atomic E-state index is 13.3. The Kier molecular flexibility index (Phi) is 5.45. The molecule has 0 spiro atoms. The van der Waals surface area contributed by atoms with E-state index in [0.717, 1.165) is 0 Å². The van der Waals surface area contributed by atoms with E-state index >= 15 is 0 Å². The maximum absolute atomic E-state index is 13.3. The summed E-state index contributed by atoms with van der Waals surface area (Å²) in [5, 5.41) is -0.793. The Bertz CT molecular complexity index is 533. The number of nitrogens with one attached hydrogen (secondary N) is 2. The molecule has 3 fully saturated rings. The van der Waals surface area contributed by atoms with E-state index in [4.69, 9.17) is 11.6 Å². The van der Waals surface area contributed by atoms with Crippen molar-refractivity contribution in [3.05, 3.63) is 0 Å². The molecule has 0 aromatic rings. The van der Waals surface area contributed by atoms with Gasteiger partial charge in [-0.05, 0) is 12.8 Å². The third-order valence-electron chi connectivity index (χ3n) is 5.42. The van der Waals surface area contributed by atoms with Crippen LogP contribution in [0.5, 0.6) is 0 Å². The SMILES string of the molecule is O=C1NNCC(N2CCN(C3CCCCC3C(F)(F)F)C(=O)C2)C1Cl. The van der Waals surface area contributed by atoms with Crippen LogP contribution in [0.25, 0.3) is 0 Å². The van der Waals surface area contributed by atoms with Crippen molar-refractivity contribution >= 4 is 23.4 Å². The number of carbonyl (C=O) groups excluding carboxylic acids is 2. The fourth-order valence-electron chi connectivity index (χ4n) is 4.11. The number of alkyl halides is 4. The Balaban J connectivity index is 1.67. The Morgan fingerprint density at radius 3 is 2.48 bits per heavy atom. The highest BCUT2D eigenvalue weighted by molar-refractivity contribution is 6.31. The molecule has 2 N–H and O–H groups in total. The standard InChI is InChI=1S/C15H22ClF3N4O2/c16-13-11(7-20-21-14(13)25)22-5-6-23(12(24)8-22)10-4-2-1-3-9(10)15(17,18)19/h9-11,13,20H,1-8H2,(H,21,25). The summed E-state index contributed by atoms with van der Waals surface area (Å²) < 4.78 is 40.0. The summed E-state index contributed by atoms with van der Waals surface area (Å²) in [6, 6.07) is -1.13. The fraction of sp³-hybridized carbons (Fsp3) is 0.867. The highest BCUT2D eigenvalue weighted by Crippen LogP contribution is 2.40. The zero-order valence-corrected chi connectivity index (χ0v) is 14.4. The van der Waals surface area contributed by atoms with Crippen molar-refractivity contribution in [1.82, 2.24) is 20.7 Å². The van der Waals surface area contributed by atoms with Crippen molar-refractivity contribution in [2.24, 2.45) is 5.92 Å². The molecule has 2 aliphatic heterocycles. The number of rotatable bonds is 2. The summed E-state index contributed by atoms with van der Waals surface area (Å²) in [5.41, 5.74) is 5.16. The first-order valence-electron chi connectivity index (χ1n) is 8.56. The molecule has 3 aliphatic rings. The number of hydrogen-bond donors (Lipinski definition) is 2. The van der Waals surface area contributed by atoms with Crippen LogP contribution in [0.2, 0.25) is 0 Å². The van der Waals surface area contributed by atoms with Gasteiger partial charge in [-0.3, -0.25) is 19.9 Å². The third kappa shape index (κ3) is 3.88. The van der Waals surface area contributed by atoms with E-state index in [1.54, 1.807) is 4.90 Å². The predicted molar refractivity (Wildman–Crippen MR) is 84.7 cm³/mol. The molecule has 0 aromatic carbocycles. The van der Waals surface area contributed by atoms with E-state index in [1.165, 1.54) is 4.90 Å². The summed E-state index contributed by atoms with van der Waals surface area (Å²) in [6.07, 6.45) is -2.55. The van der Waals surface area contributed by atoms with Gasteiger partial charge < -0.3 is 4.90 Å². The van der Waals surface area contributed by atoms with Gasteiger partial charge in [0.2, 0.25) is 5.91 Å². The minimum atomic E-state index is -4.28. The zero-order chi connectivity index (χ0) is 18.2. The van der Waals surface area contributed by atoms with Crippen LogP contribution in [-0.2, 0) is 9.59 Å². The van der Waals surface area contributed by atoms with E-state index in [0.29, 0.717) is 32.4 Å². The molecule has 0 aromatic heterocycles.